The third-order valence-electron chi connectivity index (χ3n) is 11.3. The van der Waals surface area contributed by atoms with Gasteiger partial charge in [0, 0.05) is 25.5 Å². The van der Waals surface area contributed by atoms with Gasteiger partial charge in [-0.3, -0.25) is 0 Å². The standard InChI is InChI=1S/C46H92N2/c1-4-7-10-13-16-19-21-23-25-27-30-33-36-39-42-47-44-45-48(46(47)41-38-35-32-29-18-15-12-9-6-3)43-40-37-34-31-28-26-24-22-20-17-14-11-8-5-2/h44-46H,4-43H2,1-3H3. The van der Waals surface area contributed by atoms with E-state index < -0.39 is 0 Å². The molecule has 0 amide bonds. The summed E-state index contributed by atoms with van der Waals surface area (Å²) in [5.74, 6) is 0. The van der Waals surface area contributed by atoms with Gasteiger partial charge in [-0.1, -0.05) is 239 Å². The summed E-state index contributed by atoms with van der Waals surface area (Å²) in [5.41, 5.74) is 0. The van der Waals surface area contributed by atoms with Crippen LogP contribution < -0.4 is 0 Å². The topological polar surface area (TPSA) is 6.48 Å². The Hall–Kier alpha value is -0.660. The van der Waals surface area contributed by atoms with Gasteiger partial charge < -0.3 is 9.80 Å². The average Bonchev–Trinajstić information content (AvgIpc) is 3.48. The fourth-order valence-electron chi connectivity index (χ4n) is 7.95. The van der Waals surface area contributed by atoms with E-state index in [1.807, 2.05) is 0 Å². The molecule has 0 aromatic carbocycles. The van der Waals surface area contributed by atoms with E-state index >= 15 is 0 Å². The lowest BCUT2D eigenvalue weighted by Gasteiger charge is -2.33. The third kappa shape index (κ3) is 29.1. The number of nitrogens with zero attached hydrogens (tertiary/aromatic N) is 2. The molecule has 48 heavy (non-hydrogen) atoms. The number of rotatable bonds is 40. The van der Waals surface area contributed by atoms with Crippen molar-refractivity contribution in [2.45, 2.75) is 271 Å². The molecular formula is C46H92N2. The van der Waals surface area contributed by atoms with Gasteiger partial charge in [0.2, 0.25) is 0 Å². The Morgan fingerprint density at radius 1 is 0.271 bits per heavy atom. The zero-order chi connectivity index (χ0) is 34.4. The molecule has 0 saturated heterocycles. The maximum atomic E-state index is 2.73. The van der Waals surface area contributed by atoms with Gasteiger partial charge in [0.15, 0.2) is 0 Å². The SMILES string of the molecule is CCCCCCCCCCCCCCCCN1C=CN(CCCCCCCCCCCCCCCC)C1CCCCCCCCCCC. The van der Waals surface area contributed by atoms with Crippen LogP contribution in [0.3, 0.4) is 0 Å². The van der Waals surface area contributed by atoms with Crippen molar-refractivity contribution in [2.75, 3.05) is 13.1 Å². The maximum absolute atomic E-state index is 2.73. The van der Waals surface area contributed by atoms with Crippen molar-refractivity contribution in [1.29, 1.82) is 0 Å². The summed E-state index contributed by atoms with van der Waals surface area (Å²) >= 11 is 0. The van der Waals surface area contributed by atoms with Crippen molar-refractivity contribution in [3.05, 3.63) is 12.4 Å². The highest BCUT2D eigenvalue weighted by atomic mass is 15.4. The lowest BCUT2D eigenvalue weighted by molar-refractivity contribution is 0.135. The van der Waals surface area contributed by atoms with Gasteiger partial charge in [0.25, 0.3) is 0 Å². The largest absolute Gasteiger partial charge is 0.356 e. The van der Waals surface area contributed by atoms with Crippen LogP contribution in [0.4, 0.5) is 0 Å². The highest BCUT2D eigenvalue weighted by Gasteiger charge is 2.24. The van der Waals surface area contributed by atoms with Crippen molar-refractivity contribution in [3.63, 3.8) is 0 Å². The van der Waals surface area contributed by atoms with E-state index in [1.165, 1.54) is 257 Å². The van der Waals surface area contributed by atoms with Crippen LogP contribution in [0.15, 0.2) is 12.4 Å². The maximum Gasteiger partial charge on any atom is 0.101 e. The monoisotopic (exact) mass is 673 g/mol. The van der Waals surface area contributed by atoms with Crippen LogP contribution in [-0.2, 0) is 0 Å². The first kappa shape index (κ1) is 45.4. The van der Waals surface area contributed by atoms with Gasteiger partial charge in [0.1, 0.15) is 6.17 Å². The summed E-state index contributed by atoms with van der Waals surface area (Å²) in [6.45, 7) is 9.49. The van der Waals surface area contributed by atoms with E-state index in [0.717, 1.165) is 0 Å². The van der Waals surface area contributed by atoms with Crippen LogP contribution >= 0.6 is 0 Å². The minimum atomic E-state index is 0.637. The molecule has 2 nitrogen and oxygen atoms in total. The fraction of sp³-hybridized carbons (Fsp3) is 0.957. The summed E-state index contributed by atoms with van der Waals surface area (Å²) in [7, 11) is 0. The number of hydrogen-bond acceptors (Lipinski definition) is 2. The Balaban J connectivity index is 2.18. The Bertz CT molecular complexity index is 588. The molecule has 0 aromatic heterocycles. The molecule has 0 bridgehead atoms. The first-order valence-corrected chi connectivity index (χ1v) is 23.0. The second-order valence-electron chi connectivity index (χ2n) is 16.1. The van der Waals surface area contributed by atoms with E-state index in [0.29, 0.717) is 6.17 Å². The van der Waals surface area contributed by atoms with Gasteiger partial charge in [-0.2, -0.15) is 0 Å². The number of hydrogen-bond donors (Lipinski definition) is 0. The smallest absolute Gasteiger partial charge is 0.101 e. The van der Waals surface area contributed by atoms with E-state index in [4.69, 9.17) is 0 Å². The molecule has 0 atom stereocenters. The predicted octanol–water partition coefficient (Wildman–Crippen LogP) is 16.3. The number of unbranched alkanes of at least 4 members (excludes halogenated alkanes) is 34. The molecule has 286 valence electrons. The molecule has 0 unspecified atom stereocenters. The molecular weight excluding hydrogens is 581 g/mol. The molecule has 0 saturated carbocycles. The molecule has 1 aliphatic rings. The first-order valence-electron chi connectivity index (χ1n) is 23.0. The predicted molar refractivity (Wildman–Crippen MR) is 219 cm³/mol. The van der Waals surface area contributed by atoms with Crippen LogP contribution in [0.2, 0.25) is 0 Å². The van der Waals surface area contributed by atoms with Crippen molar-refractivity contribution in [3.8, 4) is 0 Å². The zero-order valence-corrected chi connectivity index (χ0v) is 33.9. The average molecular weight is 673 g/mol. The normalized spacial score (nSPS) is 13.5. The molecule has 1 heterocycles. The van der Waals surface area contributed by atoms with Gasteiger partial charge in [-0.05, 0) is 25.7 Å². The molecule has 0 N–H and O–H groups in total. The summed E-state index contributed by atoms with van der Waals surface area (Å²) < 4.78 is 0. The van der Waals surface area contributed by atoms with Gasteiger partial charge >= 0.3 is 0 Å². The highest BCUT2D eigenvalue weighted by molar-refractivity contribution is 4.97. The zero-order valence-electron chi connectivity index (χ0n) is 33.9. The molecule has 0 radical (unpaired) electrons. The van der Waals surface area contributed by atoms with Crippen molar-refractivity contribution in [2.24, 2.45) is 0 Å². The molecule has 2 heteroatoms. The van der Waals surface area contributed by atoms with Crippen molar-refractivity contribution < 1.29 is 0 Å². The minimum Gasteiger partial charge on any atom is -0.356 e. The van der Waals surface area contributed by atoms with Crippen LogP contribution in [-0.4, -0.2) is 29.1 Å². The summed E-state index contributed by atoms with van der Waals surface area (Å²) in [4.78, 5) is 5.46. The second kappa shape index (κ2) is 37.6. The third-order valence-corrected chi connectivity index (χ3v) is 11.3. The fourth-order valence-corrected chi connectivity index (χ4v) is 7.95. The lowest BCUT2D eigenvalue weighted by Crippen LogP contribution is -2.39. The molecule has 0 fully saturated rings. The van der Waals surface area contributed by atoms with Crippen LogP contribution in [0.1, 0.15) is 265 Å². The summed E-state index contributed by atoms with van der Waals surface area (Å²) in [5, 5.41) is 0. The molecule has 1 rings (SSSR count). The summed E-state index contributed by atoms with van der Waals surface area (Å²) in [6.07, 6.45) is 60.4. The Morgan fingerprint density at radius 2 is 0.479 bits per heavy atom. The van der Waals surface area contributed by atoms with E-state index in [2.05, 4.69) is 43.0 Å². The Morgan fingerprint density at radius 3 is 0.729 bits per heavy atom. The van der Waals surface area contributed by atoms with Gasteiger partial charge in [-0.25, -0.2) is 0 Å². The molecule has 0 aromatic rings. The quantitative estimate of drug-likeness (QED) is 0.0598. The van der Waals surface area contributed by atoms with Crippen LogP contribution in [0, 0.1) is 0 Å². The Kier molecular flexibility index (Phi) is 35.5. The van der Waals surface area contributed by atoms with E-state index in [9.17, 15) is 0 Å². The van der Waals surface area contributed by atoms with Crippen molar-refractivity contribution in [1.82, 2.24) is 9.80 Å². The van der Waals surface area contributed by atoms with Crippen molar-refractivity contribution >= 4 is 0 Å². The van der Waals surface area contributed by atoms with Gasteiger partial charge in [-0.15, -0.1) is 0 Å². The molecule has 0 spiro atoms. The second-order valence-corrected chi connectivity index (χ2v) is 16.1. The first-order chi connectivity index (χ1) is 23.8. The van der Waals surface area contributed by atoms with E-state index in [-0.39, 0.29) is 0 Å². The van der Waals surface area contributed by atoms with Crippen LogP contribution in [0.5, 0.6) is 0 Å². The molecule has 0 aliphatic carbocycles. The van der Waals surface area contributed by atoms with Gasteiger partial charge in [0.05, 0.1) is 0 Å². The molecule has 1 aliphatic heterocycles. The Labute approximate surface area is 305 Å². The summed E-state index contributed by atoms with van der Waals surface area (Å²) in [6, 6.07) is 0. The minimum absolute atomic E-state index is 0.637. The van der Waals surface area contributed by atoms with Crippen LogP contribution in [0.25, 0.3) is 0 Å². The highest BCUT2D eigenvalue weighted by Crippen LogP contribution is 2.24. The lowest BCUT2D eigenvalue weighted by atomic mass is 10.0. The van der Waals surface area contributed by atoms with E-state index in [1.54, 1.807) is 0 Å².